The van der Waals surface area contributed by atoms with Gasteiger partial charge in [-0.15, -0.1) is 0 Å². The molecular weight excluding hydrogens is 454 g/mol. The van der Waals surface area contributed by atoms with Gasteiger partial charge in [0.2, 0.25) is 5.91 Å². The van der Waals surface area contributed by atoms with E-state index in [0.717, 1.165) is 48.4 Å². The van der Waals surface area contributed by atoms with Crippen LogP contribution in [0.25, 0.3) is 16.7 Å². The summed E-state index contributed by atoms with van der Waals surface area (Å²) in [6.45, 7) is 5.51. The SMILES string of the molecule is Cc1c(C(=O)CN2CCCCC2)c2ncc(CCC(=O)NCC3CO3)cc2n1-c1ccc(C#N)cc1. The predicted octanol–water partition coefficient (Wildman–Crippen LogP) is 3.32. The van der Waals surface area contributed by atoms with Crippen LogP contribution in [0.2, 0.25) is 0 Å². The molecule has 0 spiro atoms. The number of ketones is 1. The van der Waals surface area contributed by atoms with Crippen molar-refractivity contribution in [3.8, 4) is 11.8 Å². The van der Waals surface area contributed by atoms with Crippen LogP contribution in [0, 0.1) is 18.3 Å². The minimum absolute atomic E-state index is 0.0124. The van der Waals surface area contributed by atoms with Crippen molar-refractivity contribution in [3.63, 3.8) is 0 Å². The fourth-order valence-electron chi connectivity index (χ4n) is 4.97. The Morgan fingerprint density at radius 3 is 2.64 bits per heavy atom. The summed E-state index contributed by atoms with van der Waals surface area (Å²) < 4.78 is 7.19. The number of carbonyl (C=O) groups excluding carboxylic acids is 2. The van der Waals surface area contributed by atoms with Crippen LogP contribution in [0.4, 0.5) is 0 Å². The third kappa shape index (κ3) is 5.32. The number of fused-ring (bicyclic) bond motifs is 1. The minimum Gasteiger partial charge on any atom is -0.371 e. The first-order valence-corrected chi connectivity index (χ1v) is 12.7. The zero-order valence-electron chi connectivity index (χ0n) is 20.6. The Morgan fingerprint density at radius 2 is 1.94 bits per heavy atom. The number of hydrogen-bond donors (Lipinski definition) is 1. The van der Waals surface area contributed by atoms with Gasteiger partial charge in [0.25, 0.3) is 0 Å². The number of aromatic nitrogens is 2. The van der Waals surface area contributed by atoms with Gasteiger partial charge in [-0.1, -0.05) is 6.42 Å². The summed E-state index contributed by atoms with van der Waals surface area (Å²) in [6.07, 6.45) is 6.32. The molecule has 8 nitrogen and oxygen atoms in total. The third-order valence-corrected chi connectivity index (χ3v) is 7.02. The van der Waals surface area contributed by atoms with Gasteiger partial charge in [-0.2, -0.15) is 5.26 Å². The number of nitrogens with zero attached hydrogens (tertiary/aromatic N) is 4. The largest absolute Gasteiger partial charge is 0.371 e. The highest BCUT2D eigenvalue weighted by atomic mass is 16.6. The van der Waals surface area contributed by atoms with E-state index in [1.165, 1.54) is 6.42 Å². The first kappa shape index (κ1) is 24.2. The van der Waals surface area contributed by atoms with Gasteiger partial charge in [-0.3, -0.25) is 19.5 Å². The number of nitriles is 1. The average molecular weight is 486 g/mol. The summed E-state index contributed by atoms with van der Waals surface area (Å²) in [5.74, 6) is 0.0652. The lowest BCUT2D eigenvalue weighted by Crippen LogP contribution is -2.34. The van der Waals surface area contributed by atoms with Crippen LogP contribution in [0.3, 0.4) is 0 Å². The van der Waals surface area contributed by atoms with Crippen molar-refractivity contribution in [3.05, 3.63) is 58.9 Å². The van der Waals surface area contributed by atoms with Crippen molar-refractivity contribution in [1.29, 1.82) is 5.26 Å². The van der Waals surface area contributed by atoms with Gasteiger partial charge in [0.1, 0.15) is 0 Å². The maximum atomic E-state index is 13.5. The van der Waals surface area contributed by atoms with Gasteiger partial charge in [0.05, 0.1) is 47.5 Å². The minimum atomic E-state index is -0.0124. The first-order chi connectivity index (χ1) is 17.5. The van der Waals surface area contributed by atoms with E-state index in [-0.39, 0.29) is 17.8 Å². The number of Topliss-reactive ketones (excluding diaryl/α,β-unsaturated/α-hetero) is 1. The molecule has 2 aromatic heterocycles. The summed E-state index contributed by atoms with van der Waals surface area (Å²) in [5, 5.41) is 12.1. The lowest BCUT2D eigenvalue weighted by atomic mass is 10.1. The standard InChI is InChI=1S/C28H31N5O3/c1-19-27(25(34)17-32-11-3-2-4-12-32)28-24(33(19)22-8-5-20(14-29)6-9-22)13-21(15-31-28)7-10-26(35)30-16-23-18-36-23/h5-6,8-9,13,15,23H,2-4,7,10-12,16-18H2,1H3,(H,30,35). The molecule has 1 atom stereocenters. The number of amides is 1. The van der Waals surface area contributed by atoms with E-state index >= 15 is 0 Å². The van der Waals surface area contributed by atoms with E-state index in [1.807, 2.05) is 29.7 Å². The fourth-order valence-corrected chi connectivity index (χ4v) is 4.97. The lowest BCUT2D eigenvalue weighted by molar-refractivity contribution is -0.121. The number of aryl methyl sites for hydroxylation is 1. The molecule has 0 aliphatic carbocycles. The number of carbonyl (C=O) groups is 2. The maximum Gasteiger partial charge on any atom is 0.220 e. The smallest absolute Gasteiger partial charge is 0.220 e. The normalized spacial score (nSPS) is 17.6. The molecule has 186 valence electrons. The molecule has 4 heterocycles. The number of pyridine rings is 1. The summed E-state index contributed by atoms with van der Waals surface area (Å²) >= 11 is 0. The number of hydrogen-bond acceptors (Lipinski definition) is 6. The second kappa shape index (κ2) is 10.6. The van der Waals surface area contributed by atoms with E-state index in [4.69, 9.17) is 9.72 Å². The van der Waals surface area contributed by atoms with E-state index < -0.39 is 0 Å². The second-order valence-electron chi connectivity index (χ2n) is 9.69. The monoisotopic (exact) mass is 485 g/mol. The highest BCUT2D eigenvalue weighted by Crippen LogP contribution is 2.30. The molecule has 3 aromatic rings. The van der Waals surface area contributed by atoms with Gasteiger partial charge in [-0.05, 0) is 75.2 Å². The van der Waals surface area contributed by atoms with Crippen LogP contribution >= 0.6 is 0 Å². The Morgan fingerprint density at radius 1 is 1.19 bits per heavy atom. The Balaban J connectivity index is 1.46. The van der Waals surface area contributed by atoms with E-state index in [1.54, 1.807) is 18.3 Å². The Kier molecular flexibility index (Phi) is 7.12. The fraction of sp³-hybridized carbons (Fsp3) is 0.429. The second-order valence-corrected chi connectivity index (χ2v) is 9.69. The Labute approximate surface area is 210 Å². The summed E-state index contributed by atoms with van der Waals surface area (Å²) in [6, 6.07) is 11.5. The van der Waals surface area contributed by atoms with Crippen molar-refractivity contribution >= 4 is 22.7 Å². The van der Waals surface area contributed by atoms with Crippen molar-refractivity contribution in [2.75, 3.05) is 32.8 Å². The number of epoxide rings is 1. The predicted molar refractivity (Wildman–Crippen MR) is 136 cm³/mol. The van der Waals surface area contributed by atoms with Crippen LogP contribution in [0.1, 0.15) is 52.9 Å². The highest BCUT2D eigenvalue weighted by Gasteiger charge is 2.25. The molecule has 1 amide bonds. The summed E-state index contributed by atoms with van der Waals surface area (Å²) in [7, 11) is 0. The number of nitrogens with one attached hydrogen (secondary N) is 1. The number of benzene rings is 1. The number of rotatable bonds is 9. The number of likely N-dealkylation sites (tertiary alicyclic amines) is 1. The molecule has 2 fully saturated rings. The molecule has 8 heteroatoms. The van der Waals surface area contributed by atoms with E-state index in [2.05, 4.69) is 16.3 Å². The summed E-state index contributed by atoms with van der Waals surface area (Å²) in [4.78, 5) is 32.7. The molecule has 2 saturated heterocycles. The Hall–Kier alpha value is -3.54. The zero-order valence-corrected chi connectivity index (χ0v) is 20.6. The molecule has 2 aliphatic heterocycles. The van der Waals surface area contributed by atoms with Gasteiger partial charge < -0.3 is 14.6 Å². The van der Waals surface area contributed by atoms with Crippen molar-refractivity contribution in [1.82, 2.24) is 19.8 Å². The molecule has 1 unspecified atom stereocenters. The molecule has 1 aromatic carbocycles. The van der Waals surface area contributed by atoms with E-state index in [9.17, 15) is 14.9 Å². The maximum absolute atomic E-state index is 13.5. The van der Waals surface area contributed by atoms with Crippen LogP contribution in [-0.4, -0.2) is 65.0 Å². The van der Waals surface area contributed by atoms with Gasteiger partial charge in [0, 0.05) is 30.5 Å². The molecule has 0 saturated carbocycles. The molecule has 2 aliphatic rings. The molecule has 5 rings (SSSR count). The molecule has 36 heavy (non-hydrogen) atoms. The number of ether oxygens (including phenoxy) is 1. The first-order valence-electron chi connectivity index (χ1n) is 12.7. The van der Waals surface area contributed by atoms with E-state index in [0.29, 0.717) is 49.2 Å². The average Bonchev–Trinajstić information content (AvgIpc) is 3.68. The van der Waals surface area contributed by atoms with Crippen molar-refractivity contribution in [2.24, 2.45) is 0 Å². The van der Waals surface area contributed by atoms with Crippen LogP contribution in [0.5, 0.6) is 0 Å². The van der Waals surface area contributed by atoms with Crippen LogP contribution in [-0.2, 0) is 16.0 Å². The number of piperidine rings is 1. The quantitative estimate of drug-likeness (QED) is 0.368. The zero-order chi connectivity index (χ0) is 25.1. The summed E-state index contributed by atoms with van der Waals surface area (Å²) in [5.41, 5.74) is 5.38. The highest BCUT2D eigenvalue weighted by molar-refractivity contribution is 6.09. The van der Waals surface area contributed by atoms with Crippen LogP contribution < -0.4 is 5.32 Å². The molecule has 0 bridgehead atoms. The van der Waals surface area contributed by atoms with Crippen LogP contribution in [0.15, 0.2) is 36.5 Å². The van der Waals surface area contributed by atoms with Crippen molar-refractivity contribution in [2.45, 2.75) is 45.1 Å². The molecular formula is C28H31N5O3. The third-order valence-electron chi connectivity index (χ3n) is 7.02. The molecule has 0 radical (unpaired) electrons. The van der Waals surface area contributed by atoms with Gasteiger partial charge in [0.15, 0.2) is 5.78 Å². The van der Waals surface area contributed by atoms with Crippen molar-refractivity contribution < 1.29 is 14.3 Å². The molecule has 1 N–H and O–H groups in total. The lowest BCUT2D eigenvalue weighted by Gasteiger charge is -2.25. The Bertz CT molecular complexity index is 1310. The van der Waals surface area contributed by atoms with Gasteiger partial charge >= 0.3 is 0 Å². The topological polar surface area (TPSA) is 104 Å². The van der Waals surface area contributed by atoms with Gasteiger partial charge in [-0.25, -0.2) is 0 Å².